The third-order valence-corrected chi connectivity index (χ3v) is 6.78. The van der Waals surface area contributed by atoms with E-state index < -0.39 is 41.2 Å². The monoisotopic (exact) mass is 516 g/mol. The fraction of sp³-hybridized carbons (Fsp3) is 0.160. The summed E-state index contributed by atoms with van der Waals surface area (Å²) in [5, 5.41) is 9.66. The molecule has 176 valence electrons. The second-order valence-electron chi connectivity index (χ2n) is 8.23. The number of anilines is 1. The molecular weight excluding hydrogens is 504 g/mol. The van der Waals surface area contributed by atoms with Crippen molar-refractivity contribution in [3.8, 4) is 11.8 Å². The minimum Gasteiger partial charge on any atom is -0.406 e. The number of hydrogen-bond donors (Lipinski definition) is 0. The van der Waals surface area contributed by atoms with Crippen LogP contribution in [0.25, 0.3) is 0 Å². The molecular formula is C25H13Cl2F3N2O3. The van der Waals surface area contributed by atoms with E-state index in [1.54, 1.807) is 24.3 Å². The number of imide groups is 1. The van der Waals surface area contributed by atoms with Crippen LogP contribution in [0.4, 0.5) is 18.9 Å². The Kier molecular flexibility index (Phi) is 5.31. The summed E-state index contributed by atoms with van der Waals surface area (Å²) in [6.07, 6.45) is -4.85. The van der Waals surface area contributed by atoms with E-state index in [1.165, 1.54) is 30.3 Å². The number of amides is 2. The zero-order chi connectivity index (χ0) is 25.1. The van der Waals surface area contributed by atoms with Crippen LogP contribution in [0.15, 0.2) is 66.7 Å². The summed E-state index contributed by atoms with van der Waals surface area (Å²) in [5.74, 6) is -2.96. The Morgan fingerprint density at radius 1 is 0.857 bits per heavy atom. The SMILES string of the molecule is N#Cc1ccc([C@]2(c3ccc(OC(F)(F)F)cc3)C3C(=O)N(c4cc(Cl)cc(Cl)c4)C(=O)[C@H]32)cc1. The van der Waals surface area contributed by atoms with Crippen LogP contribution in [0.5, 0.6) is 5.75 Å². The highest BCUT2D eigenvalue weighted by Crippen LogP contribution is 2.68. The van der Waals surface area contributed by atoms with Gasteiger partial charge < -0.3 is 4.74 Å². The minimum absolute atomic E-state index is 0.243. The number of benzene rings is 3. The van der Waals surface area contributed by atoms with Crippen LogP contribution in [0.1, 0.15) is 16.7 Å². The Labute approximate surface area is 207 Å². The summed E-state index contributed by atoms with van der Waals surface area (Å²) in [4.78, 5) is 28.1. The zero-order valence-electron chi connectivity index (χ0n) is 17.5. The van der Waals surface area contributed by atoms with Crippen molar-refractivity contribution >= 4 is 40.7 Å². The second-order valence-corrected chi connectivity index (χ2v) is 9.10. The Balaban J connectivity index is 1.58. The molecule has 1 saturated heterocycles. The molecule has 35 heavy (non-hydrogen) atoms. The molecule has 10 heteroatoms. The highest BCUT2D eigenvalue weighted by molar-refractivity contribution is 6.36. The molecule has 1 aliphatic heterocycles. The number of piperidine rings is 1. The molecule has 2 fully saturated rings. The van der Waals surface area contributed by atoms with E-state index in [9.17, 15) is 22.8 Å². The van der Waals surface area contributed by atoms with Crippen LogP contribution in [-0.4, -0.2) is 18.2 Å². The first-order valence-corrected chi connectivity index (χ1v) is 11.0. The van der Waals surface area contributed by atoms with E-state index in [0.717, 1.165) is 17.0 Å². The fourth-order valence-electron chi connectivity index (χ4n) is 5.01. The van der Waals surface area contributed by atoms with Gasteiger partial charge in [0, 0.05) is 15.5 Å². The van der Waals surface area contributed by atoms with Gasteiger partial charge in [-0.25, -0.2) is 4.90 Å². The second kappa shape index (κ2) is 8.01. The Morgan fingerprint density at radius 3 is 1.80 bits per heavy atom. The van der Waals surface area contributed by atoms with E-state index >= 15 is 0 Å². The Bertz CT molecular complexity index is 1360. The van der Waals surface area contributed by atoms with Gasteiger partial charge in [0.15, 0.2) is 0 Å². The number of hydrogen-bond acceptors (Lipinski definition) is 4. The normalized spacial score (nSPS) is 23.1. The minimum atomic E-state index is -4.85. The summed E-state index contributed by atoms with van der Waals surface area (Å²) in [6, 6.07) is 18.0. The average molecular weight is 517 g/mol. The molecule has 0 aromatic heterocycles. The van der Waals surface area contributed by atoms with Crippen molar-refractivity contribution in [1.82, 2.24) is 0 Å². The van der Waals surface area contributed by atoms with Crippen molar-refractivity contribution in [1.29, 1.82) is 5.26 Å². The third-order valence-electron chi connectivity index (χ3n) is 6.34. The Morgan fingerprint density at radius 2 is 1.34 bits per heavy atom. The summed E-state index contributed by atoms with van der Waals surface area (Å²) in [6.45, 7) is 0. The molecule has 1 unspecified atom stereocenters. The van der Waals surface area contributed by atoms with Gasteiger partial charge in [0.25, 0.3) is 0 Å². The number of carbonyl (C=O) groups excluding carboxylic acids is 2. The third kappa shape index (κ3) is 3.72. The molecule has 0 N–H and O–H groups in total. The van der Waals surface area contributed by atoms with Crippen molar-refractivity contribution < 1.29 is 27.5 Å². The molecule has 0 bridgehead atoms. The maximum absolute atomic E-state index is 13.5. The van der Waals surface area contributed by atoms with E-state index in [4.69, 9.17) is 28.5 Å². The van der Waals surface area contributed by atoms with Crippen molar-refractivity contribution in [2.45, 2.75) is 11.8 Å². The molecule has 0 radical (unpaired) electrons. The first kappa shape index (κ1) is 23.2. The van der Waals surface area contributed by atoms with Crippen LogP contribution in [0.3, 0.4) is 0 Å². The molecule has 5 rings (SSSR count). The number of carbonyl (C=O) groups is 2. The van der Waals surface area contributed by atoms with Gasteiger partial charge in [-0.2, -0.15) is 5.26 Å². The molecule has 2 amide bonds. The number of ether oxygens (including phenoxy) is 1. The zero-order valence-corrected chi connectivity index (χ0v) is 19.0. The number of fused-ring (bicyclic) bond motifs is 1. The van der Waals surface area contributed by atoms with Crippen LogP contribution < -0.4 is 9.64 Å². The van der Waals surface area contributed by atoms with Gasteiger partial charge in [0.2, 0.25) is 11.8 Å². The van der Waals surface area contributed by atoms with Gasteiger partial charge in [-0.3, -0.25) is 9.59 Å². The van der Waals surface area contributed by atoms with Crippen LogP contribution in [-0.2, 0) is 15.0 Å². The van der Waals surface area contributed by atoms with Crippen LogP contribution in [0.2, 0.25) is 10.0 Å². The quantitative estimate of drug-likeness (QED) is 0.406. The van der Waals surface area contributed by atoms with Crippen molar-refractivity contribution in [3.63, 3.8) is 0 Å². The largest absolute Gasteiger partial charge is 0.573 e. The number of halogens is 5. The molecule has 1 heterocycles. The van der Waals surface area contributed by atoms with E-state index in [2.05, 4.69) is 4.74 Å². The highest BCUT2D eigenvalue weighted by Gasteiger charge is 2.78. The van der Waals surface area contributed by atoms with Gasteiger partial charge >= 0.3 is 6.36 Å². The lowest BCUT2D eigenvalue weighted by atomic mass is 9.82. The number of nitrogens with zero attached hydrogens (tertiary/aromatic N) is 2. The predicted octanol–water partition coefficient (Wildman–Crippen LogP) is 5.87. The molecule has 3 atom stereocenters. The lowest BCUT2D eigenvalue weighted by molar-refractivity contribution is -0.274. The number of nitriles is 1. The maximum Gasteiger partial charge on any atom is 0.573 e. The van der Waals surface area contributed by atoms with Gasteiger partial charge in [0.05, 0.1) is 29.2 Å². The predicted molar refractivity (Wildman–Crippen MR) is 121 cm³/mol. The van der Waals surface area contributed by atoms with Gasteiger partial charge in [-0.1, -0.05) is 47.5 Å². The van der Waals surface area contributed by atoms with Crippen molar-refractivity contribution in [2.75, 3.05) is 4.90 Å². The molecule has 3 aromatic carbocycles. The molecule has 3 aromatic rings. The van der Waals surface area contributed by atoms with E-state index in [-0.39, 0.29) is 15.7 Å². The number of alkyl halides is 3. The van der Waals surface area contributed by atoms with Gasteiger partial charge in [-0.15, -0.1) is 13.2 Å². The first-order chi connectivity index (χ1) is 16.6. The molecule has 1 saturated carbocycles. The van der Waals surface area contributed by atoms with Crippen LogP contribution >= 0.6 is 23.2 Å². The lowest BCUT2D eigenvalue weighted by Gasteiger charge is -2.27. The topological polar surface area (TPSA) is 70.4 Å². The summed E-state index contributed by atoms with van der Waals surface area (Å²) in [7, 11) is 0. The van der Waals surface area contributed by atoms with Crippen molar-refractivity contribution in [3.05, 3.63) is 93.5 Å². The summed E-state index contributed by atoms with van der Waals surface area (Å²) in [5.41, 5.74) is 0.611. The molecule has 1 aliphatic carbocycles. The average Bonchev–Trinajstić information content (AvgIpc) is 3.41. The maximum atomic E-state index is 13.5. The Hall–Kier alpha value is -3.54. The van der Waals surface area contributed by atoms with Crippen LogP contribution in [0, 0.1) is 23.2 Å². The highest BCUT2D eigenvalue weighted by atomic mass is 35.5. The smallest absolute Gasteiger partial charge is 0.406 e. The number of rotatable bonds is 4. The molecule has 0 spiro atoms. The van der Waals surface area contributed by atoms with E-state index in [1.807, 2.05) is 6.07 Å². The standard InChI is InChI=1S/C25H13Cl2F3N2O3/c26-16-9-17(27)11-18(10-16)32-22(33)20-21(23(32)34)24(20,14-3-1-13(12-31)2-4-14)15-5-7-19(8-6-15)35-25(28,29)30/h1-11,20-21H/t20-,21?,24+/m0/s1. The lowest BCUT2D eigenvalue weighted by Crippen LogP contribution is -2.39. The molecule has 2 aliphatic rings. The first-order valence-electron chi connectivity index (χ1n) is 10.3. The summed E-state index contributed by atoms with van der Waals surface area (Å²) >= 11 is 12.1. The van der Waals surface area contributed by atoms with Crippen molar-refractivity contribution in [2.24, 2.45) is 11.8 Å². The van der Waals surface area contributed by atoms with E-state index in [0.29, 0.717) is 16.7 Å². The summed E-state index contributed by atoms with van der Waals surface area (Å²) < 4.78 is 41.8. The van der Waals surface area contributed by atoms with Gasteiger partial charge in [-0.05, 0) is 53.6 Å². The molecule has 5 nitrogen and oxygen atoms in total. The fourth-order valence-corrected chi connectivity index (χ4v) is 5.52. The van der Waals surface area contributed by atoms with Gasteiger partial charge in [0.1, 0.15) is 5.75 Å².